The minimum Gasteiger partial charge on any atom is -0.493 e. The third-order valence-corrected chi connectivity index (χ3v) is 4.50. The van der Waals surface area contributed by atoms with E-state index in [1.165, 1.54) is 7.11 Å². The molecule has 0 saturated heterocycles. The summed E-state index contributed by atoms with van der Waals surface area (Å²) < 4.78 is 11.0. The molecule has 7 heteroatoms. The first-order valence-electron chi connectivity index (χ1n) is 6.29. The van der Waals surface area contributed by atoms with Crippen molar-refractivity contribution in [1.82, 2.24) is 0 Å². The minimum atomic E-state index is 0.107. The van der Waals surface area contributed by atoms with Crippen molar-refractivity contribution in [2.75, 3.05) is 7.11 Å². The summed E-state index contributed by atoms with van der Waals surface area (Å²) >= 11 is 24.5. The highest BCUT2D eigenvalue weighted by Crippen LogP contribution is 2.38. The van der Waals surface area contributed by atoms with Crippen LogP contribution in [-0.4, -0.2) is 7.11 Å². The molecule has 2 aromatic carbocycles. The van der Waals surface area contributed by atoms with Crippen LogP contribution in [-0.2, 0) is 13.2 Å². The van der Waals surface area contributed by atoms with Crippen LogP contribution in [0.15, 0.2) is 24.3 Å². The van der Waals surface area contributed by atoms with Crippen molar-refractivity contribution in [3.63, 3.8) is 0 Å². The van der Waals surface area contributed by atoms with Gasteiger partial charge in [-0.2, -0.15) is 0 Å². The molecule has 0 fully saturated rings. The van der Waals surface area contributed by atoms with Crippen LogP contribution in [0.25, 0.3) is 0 Å². The first-order chi connectivity index (χ1) is 10.5. The Bertz CT molecular complexity index is 692. The van der Waals surface area contributed by atoms with Crippen molar-refractivity contribution in [3.8, 4) is 11.5 Å². The van der Waals surface area contributed by atoms with Crippen LogP contribution in [0.5, 0.6) is 11.5 Å². The molecule has 0 aliphatic rings. The van der Waals surface area contributed by atoms with Crippen LogP contribution in [0.2, 0.25) is 20.1 Å². The number of hydrogen-bond donors (Lipinski definition) is 1. The van der Waals surface area contributed by atoms with Crippen molar-refractivity contribution in [2.24, 2.45) is 5.73 Å². The Kier molecular flexibility index (Phi) is 6.07. The maximum atomic E-state index is 6.22. The quantitative estimate of drug-likeness (QED) is 0.711. The van der Waals surface area contributed by atoms with Gasteiger partial charge in [-0.3, -0.25) is 0 Å². The lowest BCUT2D eigenvalue weighted by atomic mass is 10.2. The van der Waals surface area contributed by atoms with Gasteiger partial charge in [-0.05, 0) is 29.8 Å². The molecular weight excluding hydrogens is 368 g/mol. The Hall–Kier alpha value is -0.840. The average molecular weight is 381 g/mol. The first-order valence-corrected chi connectivity index (χ1v) is 7.80. The molecule has 0 bridgehead atoms. The summed E-state index contributed by atoms with van der Waals surface area (Å²) in [6.45, 7) is 0.457. The fourth-order valence-electron chi connectivity index (χ4n) is 1.88. The highest BCUT2D eigenvalue weighted by atomic mass is 35.5. The number of nitrogens with two attached hydrogens (primary N) is 1. The second kappa shape index (κ2) is 7.62. The lowest BCUT2D eigenvalue weighted by Gasteiger charge is -2.15. The van der Waals surface area contributed by atoms with Crippen molar-refractivity contribution in [3.05, 3.63) is 55.5 Å². The van der Waals surface area contributed by atoms with E-state index in [0.29, 0.717) is 43.7 Å². The van der Waals surface area contributed by atoms with E-state index in [0.717, 1.165) is 5.56 Å². The summed E-state index contributed by atoms with van der Waals surface area (Å²) in [5.41, 5.74) is 7.03. The van der Waals surface area contributed by atoms with Gasteiger partial charge in [0.2, 0.25) is 0 Å². The van der Waals surface area contributed by atoms with Gasteiger partial charge in [0.25, 0.3) is 0 Å². The molecule has 0 aromatic heterocycles. The Morgan fingerprint density at radius 1 is 1.00 bits per heavy atom. The summed E-state index contributed by atoms with van der Waals surface area (Å²) in [6.07, 6.45) is 0. The normalized spacial score (nSPS) is 10.6. The molecule has 2 rings (SSSR count). The zero-order chi connectivity index (χ0) is 16.3. The van der Waals surface area contributed by atoms with Gasteiger partial charge in [-0.1, -0.05) is 46.4 Å². The van der Waals surface area contributed by atoms with Gasteiger partial charge in [-0.15, -0.1) is 0 Å². The Morgan fingerprint density at radius 3 is 2.32 bits per heavy atom. The van der Waals surface area contributed by atoms with Gasteiger partial charge in [0.1, 0.15) is 6.61 Å². The standard InChI is InChI=1S/C15H13Cl4NO2/c1-21-13-5-8(6-20)4-12(18)15(13)22-7-9-10(16)2-3-11(17)14(9)19/h2-5H,6-7,20H2,1H3. The smallest absolute Gasteiger partial charge is 0.180 e. The highest BCUT2D eigenvalue weighted by molar-refractivity contribution is 6.44. The molecule has 2 aromatic rings. The van der Waals surface area contributed by atoms with Gasteiger partial charge in [-0.25, -0.2) is 0 Å². The molecule has 0 amide bonds. The van der Waals surface area contributed by atoms with E-state index in [9.17, 15) is 0 Å². The van der Waals surface area contributed by atoms with Gasteiger partial charge in [0.15, 0.2) is 11.5 Å². The van der Waals surface area contributed by atoms with Crippen LogP contribution in [0.1, 0.15) is 11.1 Å². The predicted molar refractivity (Wildman–Crippen MR) is 91.7 cm³/mol. The van der Waals surface area contributed by atoms with E-state index in [-0.39, 0.29) is 6.61 Å². The average Bonchev–Trinajstić information content (AvgIpc) is 2.51. The molecule has 2 N–H and O–H groups in total. The minimum absolute atomic E-state index is 0.107. The Balaban J connectivity index is 2.31. The predicted octanol–water partition coefficient (Wildman–Crippen LogP) is 5.35. The number of methoxy groups -OCH3 is 1. The van der Waals surface area contributed by atoms with Gasteiger partial charge >= 0.3 is 0 Å². The summed E-state index contributed by atoms with van der Waals surface area (Å²) in [5, 5.41) is 1.61. The summed E-state index contributed by atoms with van der Waals surface area (Å²) in [6, 6.07) is 6.77. The third-order valence-electron chi connectivity index (χ3n) is 3.02. The molecule has 0 unspecified atom stereocenters. The van der Waals surface area contributed by atoms with Gasteiger partial charge < -0.3 is 15.2 Å². The van der Waals surface area contributed by atoms with E-state index in [1.54, 1.807) is 24.3 Å². The molecular formula is C15H13Cl4NO2. The molecule has 0 aliphatic heterocycles. The van der Waals surface area contributed by atoms with Crippen LogP contribution in [0, 0.1) is 0 Å². The number of rotatable bonds is 5. The topological polar surface area (TPSA) is 44.5 Å². The highest BCUT2D eigenvalue weighted by Gasteiger charge is 2.15. The summed E-state index contributed by atoms with van der Waals surface area (Å²) in [5.74, 6) is 0.885. The molecule has 0 heterocycles. The molecule has 0 atom stereocenters. The van der Waals surface area contributed by atoms with Crippen molar-refractivity contribution < 1.29 is 9.47 Å². The maximum Gasteiger partial charge on any atom is 0.180 e. The largest absolute Gasteiger partial charge is 0.493 e. The monoisotopic (exact) mass is 379 g/mol. The molecule has 0 spiro atoms. The van der Waals surface area contributed by atoms with E-state index in [2.05, 4.69) is 0 Å². The molecule has 0 saturated carbocycles. The summed E-state index contributed by atoms with van der Waals surface area (Å²) in [7, 11) is 1.53. The SMILES string of the molecule is COc1cc(CN)cc(Cl)c1OCc1c(Cl)ccc(Cl)c1Cl. The van der Waals surface area contributed by atoms with Crippen LogP contribution in [0.3, 0.4) is 0 Å². The Labute approximate surface area is 148 Å². The fourth-order valence-corrected chi connectivity index (χ4v) is 2.82. The number of ether oxygens (including phenoxy) is 2. The van der Waals surface area contributed by atoms with Crippen molar-refractivity contribution in [1.29, 1.82) is 0 Å². The van der Waals surface area contributed by atoms with Crippen molar-refractivity contribution in [2.45, 2.75) is 13.2 Å². The zero-order valence-corrected chi connectivity index (χ0v) is 14.7. The summed E-state index contributed by atoms with van der Waals surface area (Å²) in [4.78, 5) is 0. The number of hydrogen-bond acceptors (Lipinski definition) is 3. The molecule has 0 radical (unpaired) electrons. The van der Waals surface area contributed by atoms with Crippen molar-refractivity contribution >= 4 is 46.4 Å². The van der Waals surface area contributed by atoms with E-state index in [4.69, 9.17) is 61.6 Å². The van der Waals surface area contributed by atoms with E-state index < -0.39 is 0 Å². The molecule has 22 heavy (non-hydrogen) atoms. The number of halogens is 4. The third kappa shape index (κ3) is 3.73. The van der Waals surface area contributed by atoms with E-state index >= 15 is 0 Å². The van der Waals surface area contributed by atoms with Gasteiger partial charge in [0.05, 0.1) is 22.2 Å². The number of benzene rings is 2. The van der Waals surface area contributed by atoms with Crippen LogP contribution < -0.4 is 15.2 Å². The zero-order valence-electron chi connectivity index (χ0n) is 11.6. The van der Waals surface area contributed by atoms with Gasteiger partial charge in [0, 0.05) is 17.1 Å². The maximum absolute atomic E-state index is 6.22. The first kappa shape index (κ1) is 17.5. The second-order valence-electron chi connectivity index (χ2n) is 4.42. The fraction of sp³-hybridized carbons (Fsp3) is 0.200. The van der Waals surface area contributed by atoms with Crippen LogP contribution in [0.4, 0.5) is 0 Å². The van der Waals surface area contributed by atoms with Crippen LogP contribution >= 0.6 is 46.4 Å². The molecule has 3 nitrogen and oxygen atoms in total. The lowest BCUT2D eigenvalue weighted by molar-refractivity contribution is 0.284. The molecule has 118 valence electrons. The second-order valence-corrected chi connectivity index (χ2v) is 6.02. The molecule has 0 aliphatic carbocycles. The lowest BCUT2D eigenvalue weighted by Crippen LogP contribution is -2.02. The Morgan fingerprint density at radius 2 is 1.68 bits per heavy atom. The van der Waals surface area contributed by atoms with E-state index in [1.807, 2.05) is 0 Å².